The Balaban J connectivity index is 1.89. The monoisotopic (exact) mass is 293 g/mol. The van der Waals surface area contributed by atoms with Gasteiger partial charge in [0.15, 0.2) is 0 Å². The minimum atomic E-state index is -0.469. The minimum absolute atomic E-state index is 0.0463. The van der Waals surface area contributed by atoms with Gasteiger partial charge in [-0.1, -0.05) is 13.8 Å². The third-order valence-corrected chi connectivity index (χ3v) is 4.66. The Hall–Kier alpha value is -1.62. The summed E-state index contributed by atoms with van der Waals surface area (Å²) in [6, 6.07) is 4.23. The minimum Gasteiger partial charge on any atom is -0.396 e. The lowest BCUT2D eigenvalue weighted by Crippen LogP contribution is -2.33. The summed E-state index contributed by atoms with van der Waals surface area (Å²) in [5.74, 6) is -0.549. The van der Waals surface area contributed by atoms with Crippen LogP contribution >= 0.6 is 0 Å². The van der Waals surface area contributed by atoms with Gasteiger partial charge in [-0.15, -0.1) is 0 Å². The fraction of sp³-hybridized carbons (Fsp3) is 0.562. The van der Waals surface area contributed by atoms with Crippen LogP contribution in [0.1, 0.15) is 33.1 Å². The Kier molecular flexibility index (Phi) is 4.83. The molecule has 1 aromatic rings. The molecule has 0 radical (unpaired) electrons. The molecule has 1 fully saturated rings. The second-order valence-corrected chi connectivity index (χ2v) is 5.95. The highest BCUT2D eigenvalue weighted by atomic mass is 19.1. The maximum atomic E-state index is 13.1. The molecule has 1 aliphatic rings. The first-order chi connectivity index (χ1) is 9.98. The number of likely N-dealkylation sites (tertiary alicyclic amines) is 1. The number of anilines is 2. The molecule has 3 N–H and O–H groups in total. The van der Waals surface area contributed by atoms with E-state index in [1.165, 1.54) is 18.2 Å². The van der Waals surface area contributed by atoms with Crippen LogP contribution in [0.15, 0.2) is 18.2 Å². The number of carbonyl (C=O) groups excluding carboxylic acids is 1. The summed E-state index contributed by atoms with van der Waals surface area (Å²) in [4.78, 5) is 14.3. The van der Waals surface area contributed by atoms with Gasteiger partial charge in [-0.3, -0.25) is 9.69 Å². The number of nitrogen functional groups attached to an aromatic ring is 1. The molecule has 2 rings (SSSR count). The van der Waals surface area contributed by atoms with Crippen molar-refractivity contribution in [3.8, 4) is 0 Å². The van der Waals surface area contributed by atoms with Gasteiger partial charge in [0.25, 0.3) is 0 Å². The molecule has 116 valence electrons. The van der Waals surface area contributed by atoms with Crippen molar-refractivity contribution in [2.24, 2.45) is 5.41 Å². The molecule has 1 aromatic carbocycles. The lowest BCUT2D eigenvalue weighted by atomic mass is 9.82. The molecule has 1 saturated heterocycles. The molecule has 0 unspecified atom stereocenters. The quantitative estimate of drug-likeness (QED) is 0.821. The lowest BCUT2D eigenvalue weighted by Gasteiger charge is -2.26. The molecule has 0 atom stereocenters. The smallest absolute Gasteiger partial charge is 0.238 e. The molecule has 1 heterocycles. The van der Waals surface area contributed by atoms with Crippen molar-refractivity contribution < 1.29 is 9.18 Å². The van der Waals surface area contributed by atoms with Gasteiger partial charge in [-0.2, -0.15) is 0 Å². The van der Waals surface area contributed by atoms with Crippen LogP contribution in [0.5, 0.6) is 0 Å². The first kappa shape index (κ1) is 15.8. The van der Waals surface area contributed by atoms with Crippen LogP contribution in [0.4, 0.5) is 15.8 Å². The molecule has 0 aromatic heterocycles. The van der Waals surface area contributed by atoms with Gasteiger partial charge in [0.05, 0.1) is 12.2 Å². The number of carbonyl (C=O) groups is 1. The van der Waals surface area contributed by atoms with Gasteiger partial charge < -0.3 is 11.1 Å². The Labute approximate surface area is 125 Å². The Morgan fingerprint density at radius 1 is 1.43 bits per heavy atom. The fourth-order valence-corrected chi connectivity index (χ4v) is 3.01. The second-order valence-electron chi connectivity index (χ2n) is 5.95. The van der Waals surface area contributed by atoms with Crippen LogP contribution in [0.3, 0.4) is 0 Å². The molecule has 0 saturated carbocycles. The van der Waals surface area contributed by atoms with Crippen molar-refractivity contribution >= 4 is 17.3 Å². The third kappa shape index (κ3) is 3.73. The molecular formula is C16H24FN3O. The second kappa shape index (κ2) is 6.43. The maximum Gasteiger partial charge on any atom is 0.238 e. The van der Waals surface area contributed by atoms with E-state index in [1.807, 2.05) is 0 Å². The molecule has 0 bridgehead atoms. The third-order valence-electron chi connectivity index (χ3n) is 4.66. The predicted octanol–water partition coefficient (Wildman–Crippen LogP) is 2.86. The van der Waals surface area contributed by atoms with Gasteiger partial charge in [-0.05, 0) is 49.4 Å². The Morgan fingerprint density at radius 3 is 2.71 bits per heavy atom. The predicted molar refractivity (Wildman–Crippen MR) is 83.5 cm³/mol. The number of rotatable bonds is 5. The molecule has 1 amide bonds. The average molecular weight is 293 g/mol. The van der Waals surface area contributed by atoms with Crippen LogP contribution < -0.4 is 11.1 Å². The summed E-state index contributed by atoms with van der Waals surface area (Å²) in [5, 5.41) is 2.77. The summed E-state index contributed by atoms with van der Waals surface area (Å²) in [6.07, 6.45) is 3.45. The highest BCUT2D eigenvalue weighted by Gasteiger charge is 2.35. The first-order valence-corrected chi connectivity index (χ1v) is 7.55. The molecule has 4 nitrogen and oxygen atoms in total. The molecule has 0 aliphatic carbocycles. The number of nitrogens with one attached hydrogen (secondary N) is 1. The van der Waals surface area contributed by atoms with Crippen molar-refractivity contribution in [3.05, 3.63) is 24.0 Å². The normalized spacial score (nSPS) is 17.9. The summed E-state index contributed by atoms with van der Waals surface area (Å²) in [5.41, 5.74) is 6.44. The van der Waals surface area contributed by atoms with Gasteiger partial charge in [-0.25, -0.2) is 4.39 Å². The van der Waals surface area contributed by atoms with E-state index in [2.05, 4.69) is 24.1 Å². The standard InChI is InChI=1S/C16H24FN3O/c1-3-16(4-2)7-8-20(11-16)10-15(21)19-12-5-6-13(17)14(18)9-12/h5-6,9H,3-4,7-8,10-11,18H2,1-2H3,(H,19,21). The average Bonchev–Trinajstić information content (AvgIpc) is 2.87. The van der Waals surface area contributed by atoms with Crippen molar-refractivity contribution in [3.63, 3.8) is 0 Å². The maximum absolute atomic E-state index is 13.1. The van der Waals surface area contributed by atoms with Gasteiger partial charge >= 0.3 is 0 Å². The van der Waals surface area contributed by atoms with Crippen LogP contribution in [0, 0.1) is 11.2 Å². The number of nitrogens with zero attached hydrogens (tertiary/aromatic N) is 1. The Morgan fingerprint density at radius 2 is 2.14 bits per heavy atom. The fourth-order valence-electron chi connectivity index (χ4n) is 3.01. The zero-order chi connectivity index (χ0) is 15.5. The summed E-state index contributed by atoms with van der Waals surface area (Å²) < 4.78 is 13.1. The number of nitrogens with two attached hydrogens (primary N) is 1. The molecule has 5 heteroatoms. The van der Waals surface area contributed by atoms with Gasteiger partial charge in [0.1, 0.15) is 5.82 Å². The van der Waals surface area contributed by atoms with Crippen LogP contribution in [-0.2, 0) is 4.79 Å². The van der Waals surface area contributed by atoms with Crippen molar-refractivity contribution in [2.75, 3.05) is 30.7 Å². The zero-order valence-corrected chi connectivity index (χ0v) is 12.8. The van der Waals surface area contributed by atoms with E-state index >= 15 is 0 Å². The number of hydrogen-bond acceptors (Lipinski definition) is 3. The number of benzene rings is 1. The molecule has 0 spiro atoms. The zero-order valence-electron chi connectivity index (χ0n) is 12.8. The number of amides is 1. The highest BCUT2D eigenvalue weighted by Crippen LogP contribution is 2.36. The largest absolute Gasteiger partial charge is 0.396 e. The van der Waals surface area contributed by atoms with E-state index in [-0.39, 0.29) is 11.6 Å². The van der Waals surface area contributed by atoms with E-state index in [4.69, 9.17) is 5.73 Å². The van der Waals surface area contributed by atoms with E-state index in [1.54, 1.807) is 0 Å². The highest BCUT2D eigenvalue weighted by molar-refractivity contribution is 5.92. The van der Waals surface area contributed by atoms with Crippen molar-refractivity contribution in [1.82, 2.24) is 4.90 Å². The Bertz CT molecular complexity index is 514. The van der Waals surface area contributed by atoms with Crippen molar-refractivity contribution in [2.45, 2.75) is 33.1 Å². The first-order valence-electron chi connectivity index (χ1n) is 7.55. The van der Waals surface area contributed by atoms with E-state index in [9.17, 15) is 9.18 Å². The molecule has 21 heavy (non-hydrogen) atoms. The number of halogens is 1. The molecule has 1 aliphatic heterocycles. The van der Waals surface area contributed by atoms with Crippen LogP contribution in [0.25, 0.3) is 0 Å². The summed E-state index contributed by atoms with van der Waals surface area (Å²) >= 11 is 0. The van der Waals surface area contributed by atoms with Crippen LogP contribution in [-0.4, -0.2) is 30.4 Å². The van der Waals surface area contributed by atoms with Gasteiger partial charge in [0.2, 0.25) is 5.91 Å². The summed E-state index contributed by atoms with van der Waals surface area (Å²) in [6.45, 7) is 6.74. The van der Waals surface area contributed by atoms with Crippen molar-refractivity contribution in [1.29, 1.82) is 0 Å². The number of hydrogen-bond donors (Lipinski definition) is 2. The topological polar surface area (TPSA) is 58.4 Å². The van der Waals surface area contributed by atoms with Gasteiger partial charge in [0, 0.05) is 12.2 Å². The SMILES string of the molecule is CCC1(CC)CCN(CC(=O)Nc2ccc(F)c(N)c2)C1. The van der Waals surface area contributed by atoms with E-state index < -0.39 is 5.82 Å². The van der Waals surface area contributed by atoms with E-state index in [0.717, 1.165) is 32.4 Å². The van der Waals surface area contributed by atoms with E-state index in [0.29, 0.717) is 17.6 Å². The van der Waals surface area contributed by atoms with Crippen LogP contribution in [0.2, 0.25) is 0 Å². The summed E-state index contributed by atoms with van der Waals surface area (Å²) in [7, 11) is 0. The molecular weight excluding hydrogens is 269 g/mol. The lowest BCUT2D eigenvalue weighted by molar-refractivity contribution is -0.117.